The monoisotopic (exact) mass is 314 g/mol. The van der Waals surface area contributed by atoms with Gasteiger partial charge in [-0.25, -0.2) is 8.78 Å². The lowest BCUT2D eigenvalue weighted by Gasteiger charge is -2.29. The van der Waals surface area contributed by atoms with Crippen molar-refractivity contribution in [1.29, 1.82) is 0 Å². The van der Waals surface area contributed by atoms with Gasteiger partial charge in [-0.2, -0.15) is 0 Å². The van der Waals surface area contributed by atoms with Crippen molar-refractivity contribution in [3.05, 3.63) is 35.4 Å². The van der Waals surface area contributed by atoms with E-state index in [1.807, 2.05) is 6.92 Å². The minimum Gasteiger partial charge on any atom is -0.390 e. The lowest BCUT2D eigenvalue weighted by Crippen LogP contribution is -2.44. The molecule has 1 heterocycles. The molecule has 1 saturated heterocycles. The van der Waals surface area contributed by atoms with Gasteiger partial charge < -0.3 is 15.2 Å². The third-order valence-electron chi connectivity index (χ3n) is 3.91. The van der Waals surface area contributed by atoms with E-state index in [9.17, 15) is 13.9 Å². The van der Waals surface area contributed by atoms with Crippen LogP contribution in [0.5, 0.6) is 0 Å². The molecule has 4 nitrogen and oxygen atoms in total. The normalized spacial score (nSPS) is 19.1. The van der Waals surface area contributed by atoms with Crippen LogP contribution in [0.2, 0.25) is 0 Å². The number of β-amino-alcohol motifs (C(OH)–C–C–N with tert-alkyl or cyclic N) is 1. The fraction of sp³-hybridized carbons (Fsp3) is 0.625. The number of nitrogens with zero attached hydrogens (tertiary/aromatic N) is 1. The molecule has 0 amide bonds. The number of rotatable bonds is 7. The number of morpholine rings is 1. The lowest BCUT2D eigenvalue weighted by molar-refractivity contribution is 0.0144. The highest BCUT2D eigenvalue weighted by Crippen LogP contribution is 2.21. The Morgan fingerprint density at radius 2 is 2.05 bits per heavy atom. The molecule has 1 aromatic carbocycles. The highest BCUT2D eigenvalue weighted by atomic mass is 19.1. The fourth-order valence-electron chi connectivity index (χ4n) is 2.68. The van der Waals surface area contributed by atoms with Crippen LogP contribution in [0.3, 0.4) is 0 Å². The molecule has 0 bridgehead atoms. The molecule has 1 aliphatic heterocycles. The topological polar surface area (TPSA) is 44.7 Å². The van der Waals surface area contributed by atoms with E-state index < -0.39 is 17.7 Å². The van der Waals surface area contributed by atoms with Crippen molar-refractivity contribution in [3.63, 3.8) is 0 Å². The van der Waals surface area contributed by atoms with Gasteiger partial charge in [-0.05, 0) is 24.6 Å². The number of halogens is 2. The maximum Gasteiger partial charge on any atom is 0.128 e. The summed E-state index contributed by atoms with van der Waals surface area (Å²) in [6, 6.07) is 3.15. The second-order valence-electron chi connectivity index (χ2n) is 5.60. The summed E-state index contributed by atoms with van der Waals surface area (Å²) in [6.07, 6.45) is 0.0637. The molecular weight excluding hydrogens is 290 g/mol. The quantitative estimate of drug-likeness (QED) is 0.804. The molecule has 2 atom stereocenters. The zero-order chi connectivity index (χ0) is 15.9. The third-order valence-corrected chi connectivity index (χ3v) is 3.91. The van der Waals surface area contributed by atoms with Crippen molar-refractivity contribution in [1.82, 2.24) is 10.2 Å². The van der Waals surface area contributed by atoms with Crippen LogP contribution in [0.25, 0.3) is 0 Å². The number of hydrogen-bond donors (Lipinski definition) is 2. The molecule has 0 aliphatic carbocycles. The van der Waals surface area contributed by atoms with Crippen molar-refractivity contribution in [2.24, 2.45) is 0 Å². The van der Waals surface area contributed by atoms with E-state index in [0.717, 1.165) is 25.2 Å². The summed E-state index contributed by atoms with van der Waals surface area (Å²) in [7, 11) is 0. The highest BCUT2D eigenvalue weighted by Gasteiger charge is 2.18. The molecule has 0 saturated carbocycles. The van der Waals surface area contributed by atoms with E-state index in [0.29, 0.717) is 38.3 Å². The summed E-state index contributed by atoms with van der Waals surface area (Å²) >= 11 is 0. The van der Waals surface area contributed by atoms with Crippen LogP contribution >= 0.6 is 0 Å². The van der Waals surface area contributed by atoms with Gasteiger partial charge in [0.2, 0.25) is 0 Å². The Labute approximate surface area is 130 Å². The van der Waals surface area contributed by atoms with Crippen molar-refractivity contribution < 1.29 is 18.6 Å². The fourth-order valence-corrected chi connectivity index (χ4v) is 2.68. The Bertz CT molecular complexity index is 467. The van der Waals surface area contributed by atoms with E-state index in [1.165, 1.54) is 6.07 Å². The van der Waals surface area contributed by atoms with Crippen LogP contribution in [0.15, 0.2) is 18.2 Å². The number of nitrogens with one attached hydrogen (secondary N) is 1. The summed E-state index contributed by atoms with van der Waals surface area (Å²) in [4.78, 5) is 2.14. The molecular formula is C16H24F2N2O2. The first-order chi connectivity index (χ1) is 10.6. The molecule has 6 heteroatoms. The average Bonchev–Trinajstić information content (AvgIpc) is 2.52. The molecule has 22 heavy (non-hydrogen) atoms. The third kappa shape index (κ3) is 4.98. The molecule has 2 rings (SSSR count). The van der Waals surface area contributed by atoms with Crippen molar-refractivity contribution in [2.45, 2.75) is 25.5 Å². The van der Waals surface area contributed by atoms with Gasteiger partial charge in [0, 0.05) is 37.8 Å². The van der Waals surface area contributed by atoms with Crippen LogP contribution < -0.4 is 5.32 Å². The van der Waals surface area contributed by atoms with Gasteiger partial charge in [0.25, 0.3) is 0 Å². The molecule has 0 spiro atoms. The molecule has 0 aromatic heterocycles. The van der Waals surface area contributed by atoms with Crippen molar-refractivity contribution in [2.75, 3.05) is 39.4 Å². The van der Waals surface area contributed by atoms with Crippen LogP contribution in [0.1, 0.15) is 24.9 Å². The summed E-state index contributed by atoms with van der Waals surface area (Å²) < 4.78 is 32.4. The molecule has 2 N–H and O–H groups in total. The van der Waals surface area contributed by atoms with E-state index in [-0.39, 0.29) is 6.04 Å². The van der Waals surface area contributed by atoms with Crippen LogP contribution in [-0.2, 0) is 4.74 Å². The van der Waals surface area contributed by atoms with Gasteiger partial charge in [-0.15, -0.1) is 0 Å². The van der Waals surface area contributed by atoms with Crippen LogP contribution in [-0.4, -0.2) is 55.5 Å². The Morgan fingerprint density at radius 1 is 1.32 bits per heavy atom. The standard InChI is InChI=1S/C16H24F2N2O2/c1-2-16(14-9-12(17)3-4-15(14)18)19-10-13(21)11-20-5-7-22-8-6-20/h3-4,9,13,16,19,21H,2,5-8,10-11H2,1H3. The predicted molar refractivity (Wildman–Crippen MR) is 80.7 cm³/mol. The smallest absolute Gasteiger partial charge is 0.128 e. The molecule has 124 valence electrons. The molecule has 1 fully saturated rings. The van der Waals surface area contributed by atoms with E-state index in [1.54, 1.807) is 0 Å². The Kier molecular flexibility index (Phi) is 6.70. The molecule has 1 aromatic rings. The zero-order valence-corrected chi connectivity index (χ0v) is 12.9. The number of aliphatic hydroxyl groups excluding tert-OH is 1. The lowest BCUT2D eigenvalue weighted by atomic mass is 10.0. The van der Waals surface area contributed by atoms with Gasteiger partial charge in [0.1, 0.15) is 11.6 Å². The number of benzene rings is 1. The SMILES string of the molecule is CCC(NCC(O)CN1CCOCC1)c1cc(F)ccc1F. The Hall–Kier alpha value is -1.08. The summed E-state index contributed by atoms with van der Waals surface area (Å²) in [5.74, 6) is -0.881. The Balaban J connectivity index is 1.86. The first-order valence-electron chi connectivity index (χ1n) is 7.76. The second-order valence-corrected chi connectivity index (χ2v) is 5.60. The van der Waals surface area contributed by atoms with Gasteiger partial charge >= 0.3 is 0 Å². The zero-order valence-electron chi connectivity index (χ0n) is 12.9. The van der Waals surface area contributed by atoms with Gasteiger partial charge in [-0.1, -0.05) is 6.92 Å². The summed E-state index contributed by atoms with van der Waals surface area (Å²) in [5.41, 5.74) is 0.307. The number of ether oxygens (including phenoxy) is 1. The minimum absolute atomic E-state index is 0.307. The second kappa shape index (κ2) is 8.53. The van der Waals surface area contributed by atoms with Gasteiger partial charge in [0.15, 0.2) is 0 Å². The summed E-state index contributed by atoms with van der Waals surface area (Å²) in [6.45, 7) is 5.79. The maximum atomic E-state index is 13.8. The predicted octanol–water partition coefficient (Wildman–Crippen LogP) is 1.70. The van der Waals surface area contributed by atoms with E-state index in [2.05, 4.69) is 10.2 Å². The maximum absolute atomic E-state index is 13.8. The largest absolute Gasteiger partial charge is 0.390 e. The summed E-state index contributed by atoms with van der Waals surface area (Å²) in [5, 5.41) is 13.2. The van der Waals surface area contributed by atoms with Crippen molar-refractivity contribution in [3.8, 4) is 0 Å². The van der Waals surface area contributed by atoms with Crippen LogP contribution in [0.4, 0.5) is 8.78 Å². The number of aliphatic hydroxyl groups is 1. The number of hydrogen-bond acceptors (Lipinski definition) is 4. The first kappa shape index (κ1) is 17.3. The Morgan fingerprint density at radius 3 is 2.73 bits per heavy atom. The van der Waals surface area contributed by atoms with Gasteiger partial charge in [-0.3, -0.25) is 4.90 Å². The van der Waals surface area contributed by atoms with E-state index >= 15 is 0 Å². The van der Waals surface area contributed by atoms with Crippen molar-refractivity contribution >= 4 is 0 Å². The minimum atomic E-state index is -0.552. The van der Waals surface area contributed by atoms with Gasteiger partial charge in [0.05, 0.1) is 19.3 Å². The van der Waals surface area contributed by atoms with E-state index in [4.69, 9.17) is 4.74 Å². The average molecular weight is 314 g/mol. The highest BCUT2D eigenvalue weighted by molar-refractivity contribution is 5.22. The molecule has 1 aliphatic rings. The first-order valence-corrected chi connectivity index (χ1v) is 7.76. The molecule has 2 unspecified atom stereocenters. The molecule has 0 radical (unpaired) electrons. The van der Waals surface area contributed by atoms with Crippen LogP contribution in [0, 0.1) is 11.6 Å².